The zero-order valence-electron chi connectivity index (χ0n) is 23.6. The van der Waals surface area contributed by atoms with Gasteiger partial charge in [-0.25, -0.2) is 0 Å². The highest BCUT2D eigenvalue weighted by atomic mass is 79.9. The summed E-state index contributed by atoms with van der Waals surface area (Å²) in [7, 11) is 0. The minimum absolute atomic E-state index is 1.01. The normalized spacial score (nSPS) is 13.1. The molecule has 0 radical (unpaired) electrons. The molecule has 0 saturated carbocycles. The molecule has 0 spiro atoms. The number of allylic oxidation sites excluding steroid dienone is 4. The number of rotatable bonds is 6. The van der Waals surface area contributed by atoms with Crippen molar-refractivity contribution in [3.05, 3.63) is 162 Å². The van der Waals surface area contributed by atoms with Gasteiger partial charge in [-0.2, -0.15) is 0 Å². The second kappa shape index (κ2) is 10.8. The number of halogens is 1. The maximum atomic E-state index is 3.63. The molecule has 1 aliphatic carbocycles. The van der Waals surface area contributed by atoms with Gasteiger partial charge in [0.15, 0.2) is 0 Å². The number of nitrogens with zero attached hydrogens (tertiary/aromatic N) is 2. The Morgan fingerprint density at radius 3 is 1.56 bits per heavy atom. The highest BCUT2D eigenvalue weighted by Gasteiger charge is 2.22. The monoisotopic (exact) mass is 616 g/mol. The van der Waals surface area contributed by atoms with Crippen LogP contribution in [0.1, 0.15) is 12.8 Å². The van der Waals surface area contributed by atoms with Gasteiger partial charge >= 0.3 is 0 Å². The Bertz CT molecular complexity index is 2130. The third kappa shape index (κ3) is 4.48. The summed E-state index contributed by atoms with van der Waals surface area (Å²) in [6, 6.07) is 48.4. The van der Waals surface area contributed by atoms with Crippen molar-refractivity contribution in [1.82, 2.24) is 0 Å². The lowest BCUT2D eigenvalue weighted by atomic mass is 9.91. The van der Waals surface area contributed by atoms with E-state index in [1.165, 1.54) is 55.1 Å². The second-order valence-corrected chi connectivity index (χ2v) is 12.0. The van der Waals surface area contributed by atoms with Crippen LogP contribution in [0.2, 0.25) is 0 Å². The molecule has 0 atom stereocenters. The topological polar surface area (TPSA) is 6.48 Å². The molecule has 7 aromatic carbocycles. The molecule has 0 saturated heterocycles. The molecular weight excluding hydrogens is 588 g/mol. The van der Waals surface area contributed by atoms with Gasteiger partial charge in [-0.1, -0.05) is 101 Å². The Labute approximate surface area is 260 Å². The van der Waals surface area contributed by atoms with Crippen LogP contribution in [-0.2, 0) is 0 Å². The van der Waals surface area contributed by atoms with Gasteiger partial charge in [0.1, 0.15) is 0 Å². The van der Waals surface area contributed by atoms with Crippen LogP contribution < -0.4 is 9.80 Å². The molecule has 2 nitrogen and oxygen atoms in total. The van der Waals surface area contributed by atoms with E-state index in [1.54, 1.807) is 0 Å². The fourth-order valence-corrected chi connectivity index (χ4v) is 6.83. The Morgan fingerprint density at radius 2 is 1.00 bits per heavy atom. The number of para-hydroxylation sites is 2. The molecule has 8 rings (SSSR count). The van der Waals surface area contributed by atoms with Crippen molar-refractivity contribution in [2.24, 2.45) is 0 Å². The van der Waals surface area contributed by atoms with Crippen molar-refractivity contribution in [3.8, 4) is 0 Å². The maximum Gasteiger partial charge on any atom is 0.0540 e. The van der Waals surface area contributed by atoms with Gasteiger partial charge in [0.05, 0.1) is 11.4 Å². The predicted octanol–water partition coefficient (Wildman–Crippen LogP) is 12.2. The van der Waals surface area contributed by atoms with E-state index in [1.807, 2.05) is 0 Å². The Balaban J connectivity index is 1.40. The third-order valence-electron chi connectivity index (χ3n) is 8.49. The third-order valence-corrected chi connectivity index (χ3v) is 9.02. The van der Waals surface area contributed by atoms with E-state index in [4.69, 9.17) is 0 Å². The van der Waals surface area contributed by atoms with Gasteiger partial charge in [-0.3, -0.25) is 0 Å². The molecule has 0 amide bonds. The summed E-state index contributed by atoms with van der Waals surface area (Å²) in [5.74, 6) is 0. The standard InChI is InChI=1S/C40H29BrN2/c41-30-20-22-34(23-21-30)43(33-14-8-3-9-15-33)38-27-19-29-16-24-35-37(26-18-28-17-25-36(38)40(29)39(28)35)42(31-10-4-1-5-11-31)32-12-6-2-7-13-32/h1-6,8-12,14-27H,7,13H2. The summed E-state index contributed by atoms with van der Waals surface area (Å²) >= 11 is 3.63. The van der Waals surface area contributed by atoms with Crippen LogP contribution in [0.25, 0.3) is 32.3 Å². The summed E-state index contributed by atoms with van der Waals surface area (Å²) in [5.41, 5.74) is 7.14. The average Bonchev–Trinajstić information content (AvgIpc) is 3.07. The molecule has 0 N–H and O–H groups in total. The maximum absolute atomic E-state index is 3.63. The van der Waals surface area contributed by atoms with Gasteiger partial charge in [-0.15, -0.1) is 0 Å². The average molecular weight is 618 g/mol. The summed E-state index contributed by atoms with van der Waals surface area (Å²) in [6.07, 6.45) is 8.77. The molecule has 3 heteroatoms. The first-order chi connectivity index (χ1) is 21.3. The number of benzene rings is 7. The van der Waals surface area contributed by atoms with Crippen LogP contribution in [0, 0.1) is 0 Å². The summed E-state index contributed by atoms with van der Waals surface area (Å²) in [5, 5.41) is 7.63. The van der Waals surface area contributed by atoms with E-state index in [2.05, 4.69) is 177 Å². The van der Waals surface area contributed by atoms with E-state index in [0.29, 0.717) is 0 Å². The van der Waals surface area contributed by atoms with Crippen molar-refractivity contribution in [2.75, 3.05) is 9.80 Å². The van der Waals surface area contributed by atoms with Crippen molar-refractivity contribution in [3.63, 3.8) is 0 Å². The van der Waals surface area contributed by atoms with E-state index >= 15 is 0 Å². The van der Waals surface area contributed by atoms with Crippen molar-refractivity contribution in [2.45, 2.75) is 12.8 Å². The summed E-state index contributed by atoms with van der Waals surface area (Å²) in [6.45, 7) is 0. The van der Waals surface area contributed by atoms with Crippen molar-refractivity contribution in [1.29, 1.82) is 0 Å². The molecule has 0 unspecified atom stereocenters. The lowest BCUT2D eigenvalue weighted by molar-refractivity contribution is 0.919. The summed E-state index contributed by atoms with van der Waals surface area (Å²) < 4.78 is 1.07. The van der Waals surface area contributed by atoms with Gasteiger partial charge in [-0.05, 0) is 101 Å². The van der Waals surface area contributed by atoms with Crippen molar-refractivity contribution >= 4 is 76.7 Å². The first-order valence-corrected chi connectivity index (χ1v) is 15.6. The van der Waals surface area contributed by atoms with Crippen LogP contribution in [0.3, 0.4) is 0 Å². The lowest BCUT2D eigenvalue weighted by Crippen LogP contribution is -2.17. The molecule has 0 aliphatic heterocycles. The van der Waals surface area contributed by atoms with Gasteiger partial charge in [0.25, 0.3) is 0 Å². The quantitative estimate of drug-likeness (QED) is 0.171. The highest BCUT2D eigenvalue weighted by molar-refractivity contribution is 9.10. The SMILES string of the molecule is Brc1ccc(N(c2ccccc2)c2ccc3ccc4c(N(C5=CC=CCC5)c5ccccc5)ccc5ccc2c3c54)cc1. The van der Waals surface area contributed by atoms with Crippen molar-refractivity contribution < 1.29 is 0 Å². The van der Waals surface area contributed by atoms with Crippen LogP contribution in [0.5, 0.6) is 0 Å². The van der Waals surface area contributed by atoms with Crippen LogP contribution in [-0.4, -0.2) is 0 Å². The minimum Gasteiger partial charge on any atom is -0.314 e. The van der Waals surface area contributed by atoms with E-state index in [-0.39, 0.29) is 0 Å². The van der Waals surface area contributed by atoms with E-state index in [0.717, 1.165) is 28.7 Å². The van der Waals surface area contributed by atoms with Gasteiger partial charge < -0.3 is 9.80 Å². The minimum atomic E-state index is 1.01. The lowest BCUT2D eigenvalue weighted by Gasteiger charge is -2.31. The largest absolute Gasteiger partial charge is 0.314 e. The highest BCUT2D eigenvalue weighted by Crippen LogP contribution is 2.47. The predicted molar refractivity (Wildman–Crippen MR) is 188 cm³/mol. The molecule has 206 valence electrons. The Hall–Kier alpha value is -4.86. The fraction of sp³-hybridized carbons (Fsp3) is 0.0500. The molecule has 0 heterocycles. The first-order valence-electron chi connectivity index (χ1n) is 14.8. The molecule has 7 aromatic rings. The number of anilines is 5. The Morgan fingerprint density at radius 1 is 0.488 bits per heavy atom. The van der Waals surface area contributed by atoms with Gasteiger partial charge in [0.2, 0.25) is 0 Å². The molecule has 43 heavy (non-hydrogen) atoms. The first kappa shape index (κ1) is 25.8. The zero-order valence-corrected chi connectivity index (χ0v) is 25.2. The van der Waals surface area contributed by atoms with Crippen LogP contribution in [0.15, 0.2) is 162 Å². The number of hydrogen-bond acceptors (Lipinski definition) is 2. The van der Waals surface area contributed by atoms with Crippen LogP contribution >= 0.6 is 15.9 Å². The van der Waals surface area contributed by atoms with Crippen LogP contribution in [0.4, 0.5) is 28.4 Å². The Kier molecular flexibility index (Phi) is 6.46. The molecular formula is C40H29BrN2. The van der Waals surface area contributed by atoms with E-state index in [9.17, 15) is 0 Å². The molecule has 1 aliphatic rings. The zero-order chi connectivity index (χ0) is 28.8. The van der Waals surface area contributed by atoms with E-state index < -0.39 is 0 Å². The fourth-order valence-electron chi connectivity index (χ4n) is 6.57. The molecule has 0 fully saturated rings. The smallest absolute Gasteiger partial charge is 0.0540 e. The molecule has 0 bridgehead atoms. The van der Waals surface area contributed by atoms with Gasteiger partial charge in [0, 0.05) is 38.0 Å². The second-order valence-electron chi connectivity index (χ2n) is 11.0. The molecule has 0 aromatic heterocycles. The number of hydrogen-bond donors (Lipinski definition) is 0. The summed E-state index contributed by atoms with van der Waals surface area (Å²) in [4.78, 5) is 4.82.